The van der Waals surface area contributed by atoms with Gasteiger partial charge < -0.3 is 9.42 Å². The predicted molar refractivity (Wildman–Crippen MR) is 80.4 cm³/mol. The van der Waals surface area contributed by atoms with Crippen LogP contribution in [-0.2, 0) is 0 Å². The highest BCUT2D eigenvalue weighted by Crippen LogP contribution is 2.28. The maximum atomic E-state index is 12.3. The van der Waals surface area contributed by atoms with E-state index >= 15 is 0 Å². The number of rotatable bonds is 3. The number of likely N-dealkylation sites (tertiary alicyclic amines) is 1. The Hall–Kier alpha value is -3.09. The molecule has 3 heterocycles. The van der Waals surface area contributed by atoms with Gasteiger partial charge in [-0.1, -0.05) is 23.4 Å². The molecule has 0 N–H and O–H groups in total. The minimum absolute atomic E-state index is 0.0213. The molecule has 1 aliphatic rings. The minimum atomic E-state index is 0.0213. The summed E-state index contributed by atoms with van der Waals surface area (Å²) in [6.07, 6.45) is 3.25. The van der Waals surface area contributed by atoms with Gasteiger partial charge in [-0.2, -0.15) is 4.98 Å². The van der Waals surface area contributed by atoms with Gasteiger partial charge in [0, 0.05) is 31.0 Å². The molecular weight excluding hydrogens is 294 g/mol. The number of aromatic nitrogens is 4. The maximum absolute atomic E-state index is 12.3. The Morgan fingerprint density at radius 3 is 2.52 bits per heavy atom. The maximum Gasteiger partial charge on any atom is 0.253 e. The molecule has 7 heteroatoms. The molecule has 0 bridgehead atoms. The van der Waals surface area contributed by atoms with E-state index in [1.54, 1.807) is 23.4 Å². The molecule has 0 atom stereocenters. The first-order chi connectivity index (χ1) is 11.3. The Bertz CT molecular complexity index is 813. The van der Waals surface area contributed by atoms with Crippen molar-refractivity contribution in [3.63, 3.8) is 0 Å². The fourth-order valence-electron chi connectivity index (χ4n) is 2.47. The molecule has 0 spiro atoms. The van der Waals surface area contributed by atoms with Gasteiger partial charge in [0.05, 0.1) is 5.92 Å². The summed E-state index contributed by atoms with van der Waals surface area (Å²) in [4.78, 5) is 26.5. The van der Waals surface area contributed by atoms with E-state index in [0.29, 0.717) is 36.2 Å². The summed E-state index contributed by atoms with van der Waals surface area (Å²) in [5, 5.41) is 3.90. The van der Waals surface area contributed by atoms with Crippen LogP contribution >= 0.6 is 0 Å². The van der Waals surface area contributed by atoms with E-state index in [9.17, 15) is 4.79 Å². The number of hydrogen-bond acceptors (Lipinski definition) is 6. The highest BCUT2D eigenvalue weighted by Gasteiger charge is 2.36. The van der Waals surface area contributed by atoms with Crippen molar-refractivity contribution in [2.45, 2.75) is 5.92 Å². The number of carbonyl (C=O) groups excluding carboxylic acids is 1. The third-order valence-electron chi connectivity index (χ3n) is 3.75. The van der Waals surface area contributed by atoms with Crippen molar-refractivity contribution in [3.8, 4) is 11.6 Å². The van der Waals surface area contributed by atoms with Crippen molar-refractivity contribution < 1.29 is 9.32 Å². The minimum Gasteiger partial charge on any atom is -0.338 e. The summed E-state index contributed by atoms with van der Waals surface area (Å²) in [5.41, 5.74) is 0.690. The average molecular weight is 307 g/mol. The molecule has 0 saturated carbocycles. The van der Waals surface area contributed by atoms with E-state index in [-0.39, 0.29) is 11.8 Å². The lowest BCUT2D eigenvalue weighted by molar-refractivity contribution is 0.0569. The lowest BCUT2D eigenvalue weighted by Gasteiger charge is -2.37. The summed E-state index contributed by atoms with van der Waals surface area (Å²) >= 11 is 0. The van der Waals surface area contributed by atoms with Crippen LogP contribution in [0.5, 0.6) is 0 Å². The van der Waals surface area contributed by atoms with Crippen LogP contribution in [0.4, 0.5) is 0 Å². The molecule has 1 saturated heterocycles. The molecule has 0 radical (unpaired) electrons. The second kappa shape index (κ2) is 5.60. The van der Waals surface area contributed by atoms with Crippen LogP contribution in [0, 0.1) is 0 Å². The third kappa shape index (κ3) is 2.57. The lowest BCUT2D eigenvalue weighted by atomic mass is 9.99. The number of amides is 1. The van der Waals surface area contributed by atoms with Gasteiger partial charge in [0.2, 0.25) is 17.5 Å². The van der Waals surface area contributed by atoms with Crippen molar-refractivity contribution in [1.82, 2.24) is 25.0 Å². The van der Waals surface area contributed by atoms with Crippen molar-refractivity contribution in [2.24, 2.45) is 0 Å². The van der Waals surface area contributed by atoms with Gasteiger partial charge in [0.15, 0.2) is 0 Å². The lowest BCUT2D eigenvalue weighted by Crippen LogP contribution is -2.48. The van der Waals surface area contributed by atoms with E-state index in [1.807, 2.05) is 30.3 Å². The number of carbonyl (C=O) groups is 1. The van der Waals surface area contributed by atoms with E-state index < -0.39 is 0 Å². The van der Waals surface area contributed by atoms with Gasteiger partial charge in [-0.15, -0.1) is 0 Å². The molecule has 1 aliphatic heterocycles. The van der Waals surface area contributed by atoms with Gasteiger partial charge in [-0.3, -0.25) is 4.79 Å². The molecule has 1 amide bonds. The topological polar surface area (TPSA) is 85.0 Å². The number of nitrogens with zero attached hydrogens (tertiary/aromatic N) is 5. The number of benzene rings is 1. The number of hydrogen-bond donors (Lipinski definition) is 0. The fraction of sp³-hybridized carbons (Fsp3) is 0.188. The van der Waals surface area contributed by atoms with Gasteiger partial charge >= 0.3 is 0 Å². The Morgan fingerprint density at radius 1 is 1.04 bits per heavy atom. The monoisotopic (exact) mass is 307 g/mol. The van der Waals surface area contributed by atoms with Crippen LogP contribution in [-0.4, -0.2) is 44.0 Å². The van der Waals surface area contributed by atoms with Crippen LogP contribution < -0.4 is 0 Å². The molecule has 1 fully saturated rings. The Kier molecular flexibility index (Phi) is 3.30. The van der Waals surface area contributed by atoms with Crippen molar-refractivity contribution in [2.75, 3.05) is 13.1 Å². The van der Waals surface area contributed by atoms with Crippen LogP contribution in [0.2, 0.25) is 0 Å². The standard InChI is InChI=1S/C16H13N5O2/c22-16(11-5-2-1-3-6-11)21-9-12(10-21)15-19-14(20-23-15)13-17-7-4-8-18-13/h1-8,12H,9-10H2. The molecule has 0 unspecified atom stereocenters. The Balaban J connectivity index is 1.43. The van der Waals surface area contributed by atoms with Gasteiger partial charge in [-0.05, 0) is 18.2 Å². The Labute approximate surface area is 132 Å². The highest BCUT2D eigenvalue weighted by molar-refractivity contribution is 5.94. The average Bonchev–Trinajstić information content (AvgIpc) is 3.05. The van der Waals surface area contributed by atoms with E-state index in [0.717, 1.165) is 0 Å². The SMILES string of the molecule is O=C(c1ccccc1)N1CC(c2nc(-c3ncccn3)no2)C1. The molecule has 1 aromatic carbocycles. The summed E-state index contributed by atoms with van der Waals surface area (Å²) < 4.78 is 5.28. The van der Waals surface area contributed by atoms with Gasteiger partial charge in [0.1, 0.15) is 0 Å². The van der Waals surface area contributed by atoms with E-state index in [1.165, 1.54) is 0 Å². The second-order valence-corrected chi connectivity index (χ2v) is 5.30. The summed E-state index contributed by atoms with van der Waals surface area (Å²) in [6.45, 7) is 1.15. The molecule has 2 aromatic heterocycles. The zero-order valence-electron chi connectivity index (χ0n) is 12.2. The van der Waals surface area contributed by atoms with Crippen LogP contribution in [0.15, 0.2) is 53.3 Å². The molecular formula is C16H13N5O2. The summed E-state index contributed by atoms with van der Waals surface area (Å²) in [5.74, 6) is 1.40. The molecule has 114 valence electrons. The van der Waals surface area contributed by atoms with Crippen LogP contribution in [0.3, 0.4) is 0 Å². The van der Waals surface area contributed by atoms with Crippen LogP contribution in [0.25, 0.3) is 11.6 Å². The van der Waals surface area contributed by atoms with Gasteiger partial charge in [0.25, 0.3) is 5.91 Å². The zero-order chi connectivity index (χ0) is 15.6. The van der Waals surface area contributed by atoms with Crippen molar-refractivity contribution in [1.29, 1.82) is 0 Å². The fourth-order valence-corrected chi connectivity index (χ4v) is 2.47. The molecule has 23 heavy (non-hydrogen) atoms. The largest absolute Gasteiger partial charge is 0.338 e. The van der Waals surface area contributed by atoms with Crippen molar-refractivity contribution in [3.05, 3.63) is 60.2 Å². The molecule has 0 aliphatic carbocycles. The normalized spacial score (nSPS) is 14.5. The first kappa shape index (κ1) is 13.6. The summed E-state index contributed by atoms with van der Waals surface area (Å²) in [6, 6.07) is 11.0. The molecule has 7 nitrogen and oxygen atoms in total. The second-order valence-electron chi connectivity index (χ2n) is 5.30. The first-order valence-electron chi connectivity index (χ1n) is 7.26. The molecule has 3 aromatic rings. The summed E-state index contributed by atoms with van der Waals surface area (Å²) in [7, 11) is 0. The van der Waals surface area contributed by atoms with Gasteiger partial charge in [-0.25, -0.2) is 9.97 Å². The first-order valence-corrected chi connectivity index (χ1v) is 7.26. The third-order valence-corrected chi connectivity index (χ3v) is 3.75. The van der Waals surface area contributed by atoms with Crippen LogP contribution in [0.1, 0.15) is 22.2 Å². The highest BCUT2D eigenvalue weighted by atomic mass is 16.5. The Morgan fingerprint density at radius 2 is 1.78 bits per heavy atom. The zero-order valence-corrected chi connectivity index (χ0v) is 12.2. The predicted octanol–water partition coefficient (Wildman–Crippen LogP) is 1.77. The quantitative estimate of drug-likeness (QED) is 0.733. The van der Waals surface area contributed by atoms with E-state index in [2.05, 4.69) is 20.1 Å². The van der Waals surface area contributed by atoms with E-state index in [4.69, 9.17) is 4.52 Å². The molecule has 4 rings (SSSR count). The van der Waals surface area contributed by atoms with Crippen molar-refractivity contribution >= 4 is 5.91 Å². The smallest absolute Gasteiger partial charge is 0.253 e.